The maximum absolute atomic E-state index is 5.62. The SMILES string of the molecule is CCOc1c(I)cc(/C=N\Nc2nc3ccccc3s2)cc1OC. The van der Waals surface area contributed by atoms with Gasteiger partial charge in [0.2, 0.25) is 5.13 Å². The topological polar surface area (TPSA) is 55.7 Å². The summed E-state index contributed by atoms with van der Waals surface area (Å²) in [7, 11) is 1.63. The van der Waals surface area contributed by atoms with Crippen molar-refractivity contribution in [3.8, 4) is 11.5 Å². The van der Waals surface area contributed by atoms with Gasteiger partial charge in [-0.3, -0.25) is 5.43 Å². The molecule has 0 aliphatic carbocycles. The molecule has 1 aromatic heterocycles. The molecule has 7 heteroatoms. The van der Waals surface area contributed by atoms with Crippen molar-refractivity contribution < 1.29 is 9.47 Å². The van der Waals surface area contributed by atoms with E-state index in [4.69, 9.17) is 9.47 Å². The van der Waals surface area contributed by atoms with Crippen LogP contribution in [0, 0.1) is 3.57 Å². The van der Waals surface area contributed by atoms with Crippen LogP contribution in [0.3, 0.4) is 0 Å². The predicted molar refractivity (Wildman–Crippen MR) is 108 cm³/mol. The molecule has 0 saturated carbocycles. The number of thiazole rings is 1. The molecule has 0 atom stereocenters. The van der Waals surface area contributed by atoms with Crippen molar-refractivity contribution in [1.82, 2.24) is 4.98 Å². The number of anilines is 1. The molecule has 1 heterocycles. The highest BCUT2D eigenvalue weighted by atomic mass is 127. The van der Waals surface area contributed by atoms with E-state index >= 15 is 0 Å². The third-order valence-corrected chi connectivity index (χ3v) is 4.95. The van der Waals surface area contributed by atoms with Crippen LogP contribution in [0.25, 0.3) is 10.2 Å². The largest absolute Gasteiger partial charge is 0.493 e. The van der Waals surface area contributed by atoms with Crippen molar-refractivity contribution >= 4 is 55.5 Å². The number of ether oxygens (including phenoxy) is 2. The first-order valence-electron chi connectivity index (χ1n) is 7.36. The fourth-order valence-corrected chi connectivity index (χ4v) is 3.78. The van der Waals surface area contributed by atoms with E-state index in [-0.39, 0.29) is 0 Å². The van der Waals surface area contributed by atoms with Gasteiger partial charge in [-0.15, -0.1) is 0 Å². The number of hydrogen-bond donors (Lipinski definition) is 1. The zero-order chi connectivity index (χ0) is 16.9. The number of halogens is 1. The normalized spacial score (nSPS) is 11.1. The van der Waals surface area contributed by atoms with Gasteiger partial charge in [-0.1, -0.05) is 23.5 Å². The summed E-state index contributed by atoms with van der Waals surface area (Å²) in [5.41, 5.74) is 4.88. The Morgan fingerprint density at radius 1 is 1.33 bits per heavy atom. The van der Waals surface area contributed by atoms with E-state index in [0.717, 1.165) is 30.2 Å². The summed E-state index contributed by atoms with van der Waals surface area (Å²) < 4.78 is 13.1. The van der Waals surface area contributed by atoms with Crippen molar-refractivity contribution in [2.24, 2.45) is 5.10 Å². The molecular formula is C17H16IN3O2S. The Labute approximate surface area is 157 Å². The minimum Gasteiger partial charge on any atom is -0.493 e. The van der Waals surface area contributed by atoms with E-state index in [1.165, 1.54) is 0 Å². The van der Waals surface area contributed by atoms with Crippen LogP contribution in [0.5, 0.6) is 11.5 Å². The molecule has 0 aliphatic rings. The quantitative estimate of drug-likeness (QED) is 0.333. The average Bonchev–Trinajstić information content (AvgIpc) is 2.99. The van der Waals surface area contributed by atoms with Crippen molar-refractivity contribution in [3.05, 3.63) is 45.5 Å². The molecule has 3 aromatic rings. The van der Waals surface area contributed by atoms with Gasteiger partial charge in [-0.2, -0.15) is 5.10 Å². The monoisotopic (exact) mass is 453 g/mol. The zero-order valence-electron chi connectivity index (χ0n) is 13.2. The second-order valence-corrected chi connectivity index (χ2v) is 7.02. The molecule has 0 fully saturated rings. The molecule has 2 aromatic carbocycles. The van der Waals surface area contributed by atoms with E-state index in [9.17, 15) is 0 Å². The molecule has 0 bridgehead atoms. The smallest absolute Gasteiger partial charge is 0.204 e. The van der Waals surface area contributed by atoms with Crippen LogP contribution in [-0.2, 0) is 0 Å². The molecule has 24 heavy (non-hydrogen) atoms. The van der Waals surface area contributed by atoms with Gasteiger partial charge in [0.25, 0.3) is 0 Å². The summed E-state index contributed by atoms with van der Waals surface area (Å²) in [5.74, 6) is 1.46. The lowest BCUT2D eigenvalue weighted by Crippen LogP contribution is -1.99. The molecular weight excluding hydrogens is 437 g/mol. The summed E-state index contributed by atoms with van der Waals surface area (Å²) in [4.78, 5) is 4.48. The second-order valence-electron chi connectivity index (χ2n) is 4.82. The lowest BCUT2D eigenvalue weighted by atomic mass is 10.2. The van der Waals surface area contributed by atoms with Crippen LogP contribution >= 0.6 is 33.9 Å². The Kier molecular flexibility index (Phi) is 5.52. The van der Waals surface area contributed by atoms with Gasteiger partial charge in [-0.05, 0) is 59.3 Å². The van der Waals surface area contributed by atoms with Gasteiger partial charge < -0.3 is 9.47 Å². The number of fused-ring (bicyclic) bond motifs is 1. The number of methoxy groups -OCH3 is 1. The van der Waals surface area contributed by atoms with Crippen LogP contribution in [-0.4, -0.2) is 24.9 Å². The molecule has 0 spiro atoms. The first kappa shape index (κ1) is 17.0. The molecule has 1 N–H and O–H groups in total. The second kappa shape index (κ2) is 7.80. The molecule has 0 radical (unpaired) electrons. The first-order chi connectivity index (χ1) is 11.7. The molecule has 0 aliphatic heterocycles. The number of hydrazone groups is 1. The van der Waals surface area contributed by atoms with E-state index in [2.05, 4.69) is 38.1 Å². The Morgan fingerprint density at radius 3 is 2.92 bits per heavy atom. The summed E-state index contributed by atoms with van der Waals surface area (Å²) in [5, 5.41) is 5.04. The number of aromatic nitrogens is 1. The number of benzene rings is 2. The highest BCUT2D eigenvalue weighted by Gasteiger charge is 2.10. The van der Waals surface area contributed by atoms with Crippen LogP contribution in [0.15, 0.2) is 41.5 Å². The van der Waals surface area contributed by atoms with Gasteiger partial charge in [0, 0.05) is 0 Å². The van der Waals surface area contributed by atoms with E-state index in [1.807, 2.05) is 43.3 Å². The molecule has 5 nitrogen and oxygen atoms in total. The maximum atomic E-state index is 5.62. The predicted octanol–water partition coefficient (Wildman–Crippen LogP) is 4.75. The number of rotatable bonds is 6. The Morgan fingerprint density at radius 2 is 2.17 bits per heavy atom. The minimum absolute atomic E-state index is 0.596. The Hall–Kier alpha value is -1.87. The van der Waals surface area contributed by atoms with Gasteiger partial charge >= 0.3 is 0 Å². The third kappa shape index (κ3) is 3.78. The van der Waals surface area contributed by atoms with E-state index in [1.54, 1.807) is 24.7 Å². The van der Waals surface area contributed by atoms with Gasteiger partial charge in [0.15, 0.2) is 11.5 Å². The number of nitrogens with one attached hydrogen (secondary N) is 1. The summed E-state index contributed by atoms with van der Waals surface area (Å²) in [6.07, 6.45) is 1.74. The molecule has 0 unspecified atom stereocenters. The summed E-state index contributed by atoms with van der Waals surface area (Å²) in [6.45, 7) is 2.55. The number of nitrogens with zero attached hydrogens (tertiary/aromatic N) is 2. The fourth-order valence-electron chi connectivity index (χ4n) is 2.18. The highest BCUT2D eigenvalue weighted by molar-refractivity contribution is 14.1. The van der Waals surface area contributed by atoms with Gasteiger partial charge in [0.1, 0.15) is 0 Å². The fraction of sp³-hybridized carbons (Fsp3) is 0.176. The van der Waals surface area contributed by atoms with E-state index in [0.29, 0.717) is 12.4 Å². The third-order valence-electron chi connectivity index (χ3n) is 3.21. The Bertz CT molecular complexity index is 846. The summed E-state index contributed by atoms with van der Waals surface area (Å²) in [6, 6.07) is 11.9. The van der Waals surface area contributed by atoms with Crippen molar-refractivity contribution in [2.45, 2.75) is 6.92 Å². The van der Waals surface area contributed by atoms with Gasteiger partial charge in [0.05, 0.1) is 33.7 Å². The van der Waals surface area contributed by atoms with Crippen molar-refractivity contribution in [1.29, 1.82) is 0 Å². The lowest BCUT2D eigenvalue weighted by Gasteiger charge is -2.11. The molecule has 0 saturated heterocycles. The first-order valence-corrected chi connectivity index (χ1v) is 9.25. The minimum atomic E-state index is 0.596. The Balaban J connectivity index is 1.77. The average molecular weight is 453 g/mol. The van der Waals surface area contributed by atoms with Crippen LogP contribution < -0.4 is 14.9 Å². The van der Waals surface area contributed by atoms with E-state index < -0.39 is 0 Å². The molecule has 124 valence electrons. The summed E-state index contributed by atoms with van der Waals surface area (Å²) >= 11 is 3.80. The number of para-hydroxylation sites is 1. The van der Waals surface area contributed by atoms with Crippen molar-refractivity contribution in [2.75, 3.05) is 19.1 Å². The molecule has 0 amide bonds. The van der Waals surface area contributed by atoms with Crippen LogP contribution in [0.4, 0.5) is 5.13 Å². The van der Waals surface area contributed by atoms with Crippen LogP contribution in [0.2, 0.25) is 0 Å². The zero-order valence-corrected chi connectivity index (χ0v) is 16.2. The highest BCUT2D eigenvalue weighted by Crippen LogP contribution is 2.33. The van der Waals surface area contributed by atoms with Crippen LogP contribution in [0.1, 0.15) is 12.5 Å². The molecule has 3 rings (SSSR count). The maximum Gasteiger partial charge on any atom is 0.204 e. The lowest BCUT2D eigenvalue weighted by molar-refractivity contribution is 0.308. The van der Waals surface area contributed by atoms with Gasteiger partial charge in [-0.25, -0.2) is 4.98 Å². The standard InChI is InChI=1S/C17H16IN3O2S/c1-3-23-16-12(18)8-11(9-14(16)22-2)10-19-21-17-20-13-6-4-5-7-15(13)24-17/h4-10H,3H2,1-2H3,(H,20,21)/b19-10-. The van der Waals surface area contributed by atoms with Crippen molar-refractivity contribution in [3.63, 3.8) is 0 Å². The number of hydrogen-bond acceptors (Lipinski definition) is 6.